The van der Waals surface area contributed by atoms with Gasteiger partial charge >= 0.3 is 5.97 Å². The molecule has 4 unspecified atom stereocenters. The van der Waals surface area contributed by atoms with Gasteiger partial charge in [-0.2, -0.15) is 0 Å². The summed E-state index contributed by atoms with van der Waals surface area (Å²) in [6.45, 7) is 1.72. The minimum Gasteiger partial charge on any atom is -0.466 e. The molecular formula is C23H23FN4O5S. The standard InChI is InChI=1S/C23H23FN4O5S/c1-12-17(22(30)33-2)18(13-7-9-15(10-8-13)28(31)32)19-20(25-12)26-23(27-21(19)29)34-11-14-5-3-4-6-16(14)24/h3-10,18-20,23,25-26H,11H2,1-2H3,(H,27,29). The number of rotatable bonds is 6. The Hall–Kier alpha value is -3.44. The molecule has 1 fully saturated rings. The molecule has 0 bridgehead atoms. The number of nitro benzene ring substituents is 1. The normalized spacial score (nSPS) is 24.0. The van der Waals surface area contributed by atoms with Gasteiger partial charge in [-0.1, -0.05) is 30.3 Å². The lowest BCUT2D eigenvalue weighted by Crippen LogP contribution is -2.67. The summed E-state index contributed by atoms with van der Waals surface area (Å²) < 4.78 is 19.0. The Morgan fingerprint density at radius 3 is 2.53 bits per heavy atom. The number of nitrogens with one attached hydrogen (secondary N) is 3. The van der Waals surface area contributed by atoms with E-state index < -0.39 is 34.4 Å². The van der Waals surface area contributed by atoms with Crippen LogP contribution in [0.25, 0.3) is 0 Å². The van der Waals surface area contributed by atoms with Gasteiger partial charge in [0, 0.05) is 29.5 Å². The van der Waals surface area contributed by atoms with Crippen LogP contribution in [-0.2, 0) is 20.1 Å². The smallest absolute Gasteiger partial charge is 0.336 e. The summed E-state index contributed by atoms with van der Waals surface area (Å²) in [7, 11) is 1.26. The van der Waals surface area contributed by atoms with Crippen molar-refractivity contribution in [2.45, 2.75) is 30.3 Å². The Balaban J connectivity index is 1.62. The molecule has 2 aliphatic heterocycles. The second-order valence-electron chi connectivity index (χ2n) is 7.96. The molecule has 0 aliphatic carbocycles. The second kappa shape index (κ2) is 9.82. The molecule has 2 aromatic rings. The fraction of sp³-hybridized carbons (Fsp3) is 0.304. The maximum absolute atomic E-state index is 14.0. The molecule has 1 amide bonds. The highest BCUT2D eigenvalue weighted by molar-refractivity contribution is 7.99. The summed E-state index contributed by atoms with van der Waals surface area (Å²) in [5, 5.41) is 20.5. The number of fused-ring (bicyclic) bond motifs is 1. The number of benzene rings is 2. The van der Waals surface area contributed by atoms with E-state index >= 15 is 0 Å². The zero-order valence-electron chi connectivity index (χ0n) is 18.4. The zero-order valence-corrected chi connectivity index (χ0v) is 19.2. The van der Waals surface area contributed by atoms with E-state index in [1.165, 1.54) is 37.1 Å². The number of esters is 1. The van der Waals surface area contributed by atoms with Crippen LogP contribution >= 0.6 is 11.8 Å². The molecule has 0 radical (unpaired) electrons. The summed E-state index contributed by atoms with van der Waals surface area (Å²) in [5.74, 6) is -2.29. The summed E-state index contributed by atoms with van der Waals surface area (Å²) in [6.07, 6.45) is -0.527. The molecule has 0 saturated carbocycles. The van der Waals surface area contributed by atoms with Crippen LogP contribution in [0.5, 0.6) is 0 Å². The van der Waals surface area contributed by atoms with E-state index in [-0.39, 0.29) is 23.0 Å². The number of hydrogen-bond donors (Lipinski definition) is 3. The van der Waals surface area contributed by atoms with Gasteiger partial charge < -0.3 is 15.4 Å². The Labute approximate surface area is 199 Å². The maximum Gasteiger partial charge on any atom is 0.336 e. The molecule has 3 N–H and O–H groups in total. The number of methoxy groups -OCH3 is 1. The van der Waals surface area contributed by atoms with Crippen LogP contribution in [0, 0.1) is 21.8 Å². The van der Waals surface area contributed by atoms with Crippen LogP contribution < -0.4 is 16.0 Å². The predicted molar refractivity (Wildman–Crippen MR) is 124 cm³/mol. The number of nitro groups is 1. The molecule has 178 valence electrons. The fourth-order valence-corrected chi connectivity index (χ4v) is 5.35. The van der Waals surface area contributed by atoms with Gasteiger partial charge in [0.15, 0.2) is 0 Å². The van der Waals surface area contributed by atoms with Gasteiger partial charge in [0.25, 0.3) is 5.69 Å². The fourth-order valence-electron chi connectivity index (χ4n) is 4.33. The van der Waals surface area contributed by atoms with Crippen LogP contribution in [0.2, 0.25) is 0 Å². The predicted octanol–water partition coefficient (Wildman–Crippen LogP) is 2.75. The van der Waals surface area contributed by atoms with Gasteiger partial charge in [-0.15, -0.1) is 11.8 Å². The lowest BCUT2D eigenvalue weighted by molar-refractivity contribution is -0.384. The van der Waals surface area contributed by atoms with Gasteiger partial charge in [-0.3, -0.25) is 20.2 Å². The molecule has 0 aromatic heterocycles. The Bertz CT molecular complexity index is 1160. The van der Waals surface area contributed by atoms with Gasteiger partial charge in [0.2, 0.25) is 5.91 Å². The van der Waals surface area contributed by atoms with Crippen molar-refractivity contribution >= 4 is 29.3 Å². The maximum atomic E-state index is 14.0. The third kappa shape index (κ3) is 4.62. The lowest BCUT2D eigenvalue weighted by atomic mass is 9.74. The van der Waals surface area contributed by atoms with E-state index in [1.54, 1.807) is 37.3 Å². The van der Waals surface area contributed by atoms with Gasteiger partial charge in [0.05, 0.1) is 29.7 Å². The first-order valence-corrected chi connectivity index (χ1v) is 11.6. The number of hydrogen-bond acceptors (Lipinski definition) is 8. The number of carbonyl (C=O) groups is 2. The van der Waals surface area contributed by atoms with Crippen LogP contribution in [0.3, 0.4) is 0 Å². The number of non-ortho nitro benzene ring substituents is 1. The number of nitrogens with zero attached hydrogens (tertiary/aromatic N) is 1. The van der Waals surface area contributed by atoms with E-state index in [0.717, 1.165) is 0 Å². The minimum absolute atomic E-state index is 0.0922. The van der Waals surface area contributed by atoms with Crippen molar-refractivity contribution in [3.05, 3.63) is 86.9 Å². The highest BCUT2D eigenvalue weighted by Gasteiger charge is 2.48. The van der Waals surface area contributed by atoms with E-state index in [4.69, 9.17) is 4.74 Å². The third-order valence-electron chi connectivity index (χ3n) is 5.94. The monoisotopic (exact) mass is 486 g/mol. The average Bonchev–Trinajstić information content (AvgIpc) is 2.82. The molecule has 2 aliphatic rings. The van der Waals surface area contributed by atoms with Crippen LogP contribution in [0.15, 0.2) is 59.8 Å². The molecule has 34 heavy (non-hydrogen) atoms. The van der Waals surface area contributed by atoms with Crippen molar-refractivity contribution in [2.75, 3.05) is 7.11 Å². The average molecular weight is 487 g/mol. The Morgan fingerprint density at radius 1 is 1.18 bits per heavy atom. The first kappa shape index (κ1) is 23.7. The van der Waals surface area contributed by atoms with Gasteiger partial charge in [0.1, 0.15) is 11.3 Å². The van der Waals surface area contributed by atoms with E-state index in [2.05, 4.69) is 16.0 Å². The molecule has 1 saturated heterocycles. The van der Waals surface area contributed by atoms with E-state index in [0.29, 0.717) is 22.6 Å². The van der Waals surface area contributed by atoms with Gasteiger partial charge in [-0.25, -0.2) is 9.18 Å². The Kier molecular flexibility index (Phi) is 6.85. The number of amides is 1. The number of thioether (sulfide) groups is 1. The zero-order chi connectivity index (χ0) is 24.4. The number of halogens is 1. The third-order valence-corrected chi connectivity index (χ3v) is 7.01. The molecular weight excluding hydrogens is 463 g/mol. The molecule has 2 aromatic carbocycles. The quantitative estimate of drug-likeness (QED) is 0.324. The van der Waals surface area contributed by atoms with Crippen molar-refractivity contribution in [1.82, 2.24) is 16.0 Å². The first-order valence-electron chi connectivity index (χ1n) is 10.5. The van der Waals surface area contributed by atoms with Crippen molar-refractivity contribution in [3.8, 4) is 0 Å². The summed E-state index contributed by atoms with van der Waals surface area (Å²) in [5.41, 5.74) is 1.34. The molecule has 11 heteroatoms. The van der Waals surface area contributed by atoms with Crippen molar-refractivity contribution < 1.29 is 23.6 Å². The first-order chi connectivity index (χ1) is 16.3. The van der Waals surface area contributed by atoms with Crippen molar-refractivity contribution in [3.63, 3.8) is 0 Å². The van der Waals surface area contributed by atoms with Crippen molar-refractivity contribution in [2.24, 2.45) is 5.92 Å². The SMILES string of the molecule is COC(=O)C1=C(C)NC2NC(SCc3ccccc3F)NC(=O)C2C1c1ccc([N+](=O)[O-])cc1. The number of carbonyl (C=O) groups excluding carboxylic acids is 2. The second-order valence-corrected chi connectivity index (χ2v) is 9.06. The topological polar surface area (TPSA) is 123 Å². The minimum atomic E-state index is -0.732. The highest BCUT2D eigenvalue weighted by atomic mass is 32.2. The number of allylic oxidation sites excluding steroid dienone is 1. The summed E-state index contributed by atoms with van der Waals surface area (Å²) >= 11 is 1.33. The van der Waals surface area contributed by atoms with Crippen LogP contribution in [0.4, 0.5) is 10.1 Å². The highest BCUT2D eigenvalue weighted by Crippen LogP contribution is 2.41. The summed E-state index contributed by atoms with van der Waals surface area (Å²) in [4.78, 5) is 36.5. The van der Waals surface area contributed by atoms with E-state index in [9.17, 15) is 24.1 Å². The molecule has 0 spiro atoms. The van der Waals surface area contributed by atoms with Crippen LogP contribution in [-0.4, -0.2) is 35.6 Å². The van der Waals surface area contributed by atoms with Gasteiger partial charge in [-0.05, 0) is 24.1 Å². The summed E-state index contributed by atoms with van der Waals surface area (Å²) in [6, 6.07) is 12.2. The number of ether oxygens (including phenoxy) is 1. The molecule has 4 atom stereocenters. The lowest BCUT2D eigenvalue weighted by Gasteiger charge is -2.45. The molecule has 2 heterocycles. The van der Waals surface area contributed by atoms with E-state index in [1.807, 2.05) is 0 Å². The molecule has 4 rings (SSSR count). The largest absolute Gasteiger partial charge is 0.466 e. The molecule has 9 nitrogen and oxygen atoms in total. The van der Waals surface area contributed by atoms with Crippen LogP contribution in [0.1, 0.15) is 24.0 Å². The van der Waals surface area contributed by atoms with Crippen molar-refractivity contribution in [1.29, 1.82) is 0 Å². The Morgan fingerprint density at radius 2 is 1.88 bits per heavy atom.